The van der Waals surface area contributed by atoms with Gasteiger partial charge in [-0.3, -0.25) is 4.79 Å². The molecule has 4 heteroatoms. The van der Waals surface area contributed by atoms with Crippen LogP contribution in [0.2, 0.25) is 0 Å². The molecule has 2 unspecified atom stereocenters. The van der Waals surface area contributed by atoms with Gasteiger partial charge in [-0.1, -0.05) is 12.1 Å². The summed E-state index contributed by atoms with van der Waals surface area (Å²) in [4.78, 5) is 11.7. The van der Waals surface area contributed by atoms with Gasteiger partial charge in [0.2, 0.25) is 0 Å². The zero-order valence-electron chi connectivity index (χ0n) is 11.8. The lowest BCUT2D eigenvalue weighted by Gasteiger charge is -2.17. The zero-order chi connectivity index (χ0) is 13.8. The second-order valence-corrected chi connectivity index (χ2v) is 4.86. The Bertz CT molecular complexity index is 459. The Kier molecular flexibility index (Phi) is 4.43. The van der Waals surface area contributed by atoms with Gasteiger partial charge in [0.25, 0.3) is 5.91 Å². The summed E-state index contributed by atoms with van der Waals surface area (Å²) in [5, 5.41) is 6.09. The molecular weight excluding hydrogens is 240 g/mol. The molecule has 1 aliphatic carbocycles. The summed E-state index contributed by atoms with van der Waals surface area (Å²) in [5.41, 5.74) is 2.53. The standard InChI is InChI=1S/C15H22N2O2/c1-4-17-15(18)10(2)19-14-7-5-6-11-12(14)8-9-13(11)16-3/h5-7,10,13,16H,4,8-9H2,1-3H3,(H,17,18). The largest absolute Gasteiger partial charge is 0.481 e. The lowest BCUT2D eigenvalue weighted by molar-refractivity contribution is -0.127. The summed E-state index contributed by atoms with van der Waals surface area (Å²) < 4.78 is 5.82. The predicted molar refractivity (Wildman–Crippen MR) is 75.3 cm³/mol. The van der Waals surface area contributed by atoms with Crippen molar-refractivity contribution in [3.8, 4) is 5.75 Å². The third-order valence-corrected chi connectivity index (χ3v) is 3.60. The van der Waals surface area contributed by atoms with E-state index in [0.29, 0.717) is 12.6 Å². The molecule has 0 aromatic heterocycles. The van der Waals surface area contributed by atoms with Crippen LogP contribution in [0.3, 0.4) is 0 Å². The molecule has 1 amide bonds. The highest BCUT2D eigenvalue weighted by molar-refractivity contribution is 5.80. The molecule has 2 rings (SSSR count). The average Bonchev–Trinajstić information content (AvgIpc) is 2.83. The molecule has 2 atom stereocenters. The molecule has 0 aliphatic heterocycles. The van der Waals surface area contributed by atoms with Crippen molar-refractivity contribution in [1.29, 1.82) is 0 Å². The number of ether oxygens (including phenoxy) is 1. The first-order chi connectivity index (χ1) is 9.17. The van der Waals surface area contributed by atoms with Gasteiger partial charge in [0, 0.05) is 12.6 Å². The van der Waals surface area contributed by atoms with Crippen LogP contribution in [-0.2, 0) is 11.2 Å². The molecule has 0 fully saturated rings. The first-order valence-corrected chi connectivity index (χ1v) is 6.90. The van der Waals surface area contributed by atoms with Crippen LogP contribution in [0.25, 0.3) is 0 Å². The Morgan fingerprint density at radius 3 is 3.00 bits per heavy atom. The highest BCUT2D eigenvalue weighted by Crippen LogP contribution is 2.36. The van der Waals surface area contributed by atoms with Crippen LogP contribution in [-0.4, -0.2) is 25.6 Å². The Morgan fingerprint density at radius 1 is 1.53 bits per heavy atom. The van der Waals surface area contributed by atoms with Crippen molar-refractivity contribution in [3.63, 3.8) is 0 Å². The second kappa shape index (κ2) is 6.06. The quantitative estimate of drug-likeness (QED) is 0.850. The van der Waals surface area contributed by atoms with E-state index in [1.54, 1.807) is 6.92 Å². The van der Waals surface area contributed by atoms with Gasteiger partial charge in [0.05, 0.1) is 0 Å². The van der Waals surface area contributed by atoms with E-state index in [-0.39, 0.29) is 5.91 Å². The first-order valence-electron chi connectivity index (χ1n) is 6.90. The molecular formula is C15H22N2O2. The topological polar surface area (TPSA) is 50.4 Å². The van der Waals surface area contributed by atoms with Crippen molar-refractivity contribution in [2.45, 2.75) is 38.8 Å². The van der Waals surface area contributed by atoms with Gasteiger partial charge in [-0.2, -0.15) is 0 Å². The summed E-state index contributed by atoms with van der Waals surface area (Å²) in [6, 6.07) is 6.48. The molecule has 104 valence electrons. The number of carbonyl (C=O) groups is 1. The molecule has 1 aromatic carbocycles. The SMILES string of the molecule is CCNC(=O)C(C)Oc1cccc2c1CCC2NC. The minimum Gasteiger partial charge on any atom is -0.481 e. The third kappa shape index (κ3) is 2.89. The Labute approximate surface area is 114 Å². The zero-order valence-corrected chi connectivity index (χ0v) is 11.8. The van der Waals surface area contributed by atoms with Crippen LogP contribution in [0, 0.1) is 0 Å². The number of rotatable bonds is 5. The highest BCUT2D eigenvalue weighted by atomic mass is 16.5. The smallest absolute Gasteiger partial charge is 0.260 e. The summed E-state index contributed by atoms with van der Waals surface area (Å²) in [6.07, 6.45) is 1.63. The minimum absolute atomic E-state index is 0.0664. The number of hydrogen-bond acceptors (Lipinski definition) is 3. The highest BCUT2D eigenvalue weighted by Gasteiger charge is 2.25. The van der Waals surface area contributed by atoms with E-state index in [9.17, 15) is 4.79 Å². The fourth-order valence-corrected chi connectivity index (χ4v) is 2.59. The van der Waals surface area contributed by atoms with Crippen molar-refractivity contribution in [2.24, 2.45) is 0 Å². The monoisotopic (exact) mass is 262 g/mol. The molecule has 0 radical (unpaired) electrons. The molecule has 4 nitrogen and oxygen atoms in total. The maximum atomic E-state index is 11.7. The molecule has 2 N–H and O–H groups in total. The summed E-state index contributed by atoms with van der Waals surface area (Å²) in [5.74, 6) is 0.775. The Hall–Kier alpha value is -1.55. The van der Waals surface area contributed by atoms with Crippen LogP contribution >= 0.6 is 0 Å². The van der Waals surface area contributed by atoms with Gasteiger partial charge in [-0.25, -0.2) is 0 Å². The van der Waals surface area contributed by atoms with Crippen LogP contribution in [0.1, 0.15) is 37.4 Å². The van der Waals surface area contributed by atoms with Crippen molar-refractivity contribution in [3.05, 3.63) is 29.3 Å². The van der Waals surface area contributed by atoms with Crippen molar-refractivity contribution in [1.82, 2.24) is 10.6 Å². The maximum Gasteiger partial charge on any atom is 0.260 e. The number of fused-ring (bicyclic) bond motifs is 1. The predicted octanol–water partition coefficient (Wildman–Crippen LogP) is 1.80. The fourth-order valence-electron chi connectivity index (χ4n) is 2.59. The average molecular weight is 262 g/mol. The minimum atomic E-state index is -0.458. The molecule has 0 saturated heterocycles. The normalized spacial score (nSPS) is 18.8. The van der Waals surface area contributed by atoms with Crippen molar-refractivity contribution >= 4 is 5.91 Å². The summed E-state index contributed by atoms with van der Waals surface area (Å²) in [7, 11) is 1.98. The van der Waals surface area contributed by atoms with E-state index in [1.807, 2.05) is 26.1 Å². The van der Waals surface area contributed by atoms with Crippen molar-refractivity contribution < 1.29 is 9.53 Å². The van der Waals surface area contributed by atoms with E-state index >= 15 is 0 Å². The van der Waals surface area contributed by atoms with Gasteiger partial charge >= 0.3 is 0 Å². The first kappa shape index (κ1) is 13.9. The molecule has 0 saturated carbocycles. The molecule has 0 heterocycles. The van der Waals surface area contributed by atoms with Gasteiger partial charge < -0.3 is 15.4 Å². The Morgan fingerprint density at radius 2 is 2.32 bits per heavy atom. The molecule has 0 bridgehead atoms. The number of hydrogen-bond donors (Lipinski definition) is 2. The summed E-state index contributed by atoms with van der Waals surface area (Å²) in [6.45, 7) is 4.32. The molecule has 0 spiro atoms. The van der Waals surface area contributed by atoms with Gasteiger partial charge in [0.1, 0.15) is 5.75 Å². The maximum absolute atomic E-state index is 11.7. The second-order valence-electron chi connectivity index (χ2n) is 4.86. The molecule has 1 aromatic rings. The number of carbonyl (C=O) groups excluding carboxylic acids is 1. The molecule has 19 heavy (non-hydrogen) atoms. The van der Waals surface area contributed by atoms with E-state index in [4.69, 9.17) is 4.74 Å². The number of likely N-dealkylation sites (N-methyl/N-ethyl adjacent to an activating group) is 1. The number of benzene rings is 1. The third-order valence-electron chi connectivity index (χ3n) is 3.60. The van der Waals surface area contributed by atoms with Crippen molar-refractivity contribution in [2.75, 3.05) is 13.6 Å². The fraction of sp³-hybridized carbons (Fsp3) is 0.533. The summed E-state index contributed by atoms with van der Waals surface area (Å²) >= 11 is 0. The van der Waals surface area contributed by atoms with Gasteiger partial charge in [-0.05, 0) is 50.9 Å². The van der Waals surface area contributed by atoms with E-state index in [2.05, 4.69) is 16.7 Å². The van der Waals surface area contributed by atoms with Gasteiger partial charge in [0.15, 0.2) is 6.10 Å². The van der Waals surface area contributed by atoms with E-state index < -0.39 is 6.10 Å². The molecule has 1 aliphatic rings. The lowest BCUT2D eigenvalue weighted by atomic mass is 10.1. The number of amides is 1. The van der Waals surface area contributed by atoms with Crippen LogP contribution < -0.4 is 15.4 Å². The lowest BCUT2D eigenvalue weighted by Crippen LogP contribution is -2.36. The Balaban J connectivity index is 2.14. The number of nitrogens with one attached hydrogen (secondary N) is 2. The van der Waals surface area contributed by atoms with Crippen LogP contribution in [0.5, 0.6) is 5.75 Å². The van der Waals surface area contributed by atoms with Crippen LogP contribution in [0.4, 0.5) is 0 Å². The van der Waals surface area contributed by atoms with Crippen LogP contribution in [0.15, 0.2) is 18.2 Å². The van der Waals surface area contributed by atoms with E-state index in [0.717, 1.165) is 18.6 Å². The van der Waals surface area contributed by atoms with E-state index in [1.165, 1.54) is 11.1 Å². The van der Waals surface area contributed by atoms with Gasteiger partial charge in [-0.15, -0.1) is 0 Å².